The van der Waals surface area contributed by atoms with Gasteiger partial charge in [0.05, 0.1) is 16.3 Å². The third-order valence-corrected chi connectivity index (χ3v) is 6.21. The molecule has 0 saturated carbocycles. The monoisotopic (exact) mass is 612 g/mol. The van der Waals surface area contributed by atoms with E-state index in [4.69, 9.17) is 16.0 Å². The highest BCUT2D eigenvalue weighted by Crippen LogP contribution is 2.34. The van der Waals surface area contributed by atoms with Crippen LogP contribution in [0.15, 0.2) is 50.0 Å². The summed E-state index contributed by atoms with van der Waals surface area (Å²) in [7, 11) is -1.13. The maximum atomic E-state index is 13.3. The number of nitrogens with one attached hydrogen (secondary N) is 1. The van der Waals surface area contributed by atoms with E-state index in [2.05, 4.69) is 57.5 Å². The summed E-state index contributed by atoms with van der Waals surface area (Å²) in [6.07, 6.45) is 3.11. The fourth-order valence-corrected chi connectivity index (χ4v) is 4.67. The van der Waals surface area contributed by atoms with Gasteiger partial charge in [-0.15, -0.1) is 10.2 Å². The zero-order chi connectivity index (χ0) is 23.7. The van der Waals surface area contributed by atoms with Crippen LogP contribution in [0.4, 0.5) is 5.69 Å². The van der Waals surface area contributed by atoms with Gasteiger partial charge in [0, 0.05) is 33.8 Å². The summed E-state index contributed by atoms with van der Waals surface area (Å²) in [5, 5.41) is 15.6. The molecule has 4 rings (SSSR count). The molecule has 0 radical (unpaired) electrons. The van der Waals surface area contributed by atoms with Crippen LogP contribution in [0.2, 0.25) is 5.02 Å². The van der Waals surface area contributed by atoms with Gasteiger partial charge in [-0.2, -0.15) is 5.10 Å². The second-order valence-corrected chi connectivity index (χ2v) is 10.5. The van der Waals surface area contributed by atoms with Gasteiger partial charge in [0.25, 0.3) is 5.91 Å². The Hall–Kier alpha value is -2.41. The van der Waals surface area contributed by atoms with Crippen LogP contribution < -0.4 is 5.32 Å². The molecule has 1 aromatic carbocycles. The van der Waals surface area contributed by atoms with Crippen molar-refractivity contribution in [2.24, 2.45) is 0 Å². The Morgan fingerprint density at radius 3 is 2.79 bits per heavy atom. The van der Waals surface area contributed by atoms with Crippen LogP contribution in [0.3, 0.4) is 0 Å². The van der Waals surface area contributed by atoms with E-state index in [9.17, 15) is 9.00 Å². The zero-order valence-corrected chi connectivity index (χ0v) is 21.9. The number of benzene rings is 1. The van der Waals surface area contributed by atoms with Gasteiger partial charge in [0.2, 0.25) is 11.8 Å². The van der Waals surface area contributed by atoms with Crippen molar-refractivity contribution in [1.82, 2.24) is 25.0 Å². The molecule has 1 N–H and O–H groups in total. The third kappa shape index (κ3) is 5.24. The number of carbonyl (C=O) groups is 1. The first-order valence-corrected chi connectivity index (χ1v) is 13.0. The minimum atomic E-state index is -1.13. The molecule has 0 fully saturated rings. The van der Waals surface area contributed by atoms with Crippen LogP contribution in [0.25, 0.3) is 17.3 Å². The SMILES string of the molecule is Cc1cc(Br)cc(-c2nnc(CS(C)=O)o2)c1NC(=O)c1cc(Br)nn1-c1ncccc1Cl. The van der Waals surface area contributed by atoms with E-state index >= 15 is 0 Å². The van der Waals surface area contributed by atoms with Gasteiger partial charge in [-0.3, -0.25) is 9.00 Å². The van der Waals surface area contributed by atoms with Gasteiger partial charge in [-0.05, 0) is 52.7 Å². The molecule has 0 aliphatic heterocycles. The topological polar surface area (TPSA) is 116 Å². The van der Waals surface area contributed by atoms with E-state index in [0.29, 0.717) is 26.7 Å². The minimum Gasteiger partial charge on any atom is -0.420 e. The Balaban J connectivity index is 1.74. The second kappa shape index (κ2) is 9.84. The molecule has 0 spiro atoms. The molecule has 0 saturated heterocycles. The summed E-state index contributed by atoms with van der Waals surface area (Å²) in [4.78, 5) is 17.6. The molecular weight excluding hydrogens is 600 g/mol. The summed E-state index contributed by atoms with van der Waals surface area (Å²) in [5.74, 6) is 0.442. The molecule has 1 atom stereocenters. The van der Waals surface area contributed by atoms with E-state index in [-0.39, 0.29) is 23.2 Å². The summed E-state index contributed by atoms with van der Waals surface area (Å²) < 4.78 is 19.8. The van der Waals surface area contributed by atoms with Crippen LogP contribution >= 0.6 is 43.5 Å². The number of hydrogen-bond acceptors (Lipinski definition) is 7. The molecule has 4 aromatic rings. The molecule has 13 heteroatoms. The number of nitrogens with zero attached hydrogens (tertiary/aromatic N) is 5. The molecular formula is C20H15Br2ClN6O3S. The Bertz CT molecular complexity index is 1390. The van der Waals surface area contributed by atoms with E-state index in [1.54, 1.807) is 36.7 Å². The summed E-state index contributed by atoms with van der Waals surface area (Å²) >= 11 is 13.0. The lowest BCUT2D eigenvalue weighted by atomic mass is 10.1. The van der Waals surface area contributed by atoms with Gasteiger partial charge in [-0.1, -0.05) is 27.5 Å². The molecule has 3 heterocycles. The molecule has 1 amide bonds. The molecule has 0 bridgehead atoms. The molecule has 0 aliphatic rings. The number of anilines is 1. The zero-order valence-electron chi connectivity index (χ0n) is 17.2. The largest absolute Gasteiger partial charge is 0.420 e. The maximum Gasteiger partial charge on any atom is 0.274 e. The van der Waals surface area contributed by atoms with Crippen LogP contribution in [0.1, 0.15) is 21.9 Å². The predicted octanol–water partition coefficient (Wildman–Crippen LogP) is 4.93. The second-order valence-electron chi connectivity index (χ2n) is 6.89. The van der Waals surface area contributed by atoms with E-state index in [1.807, 2.05) is 13.0 Å². The van der Waals surface area contributed by atoms with Gasteiger partial charge >= 0.3 is 0 Å². The van der Waals surface area contributed by atoms with Crippen molar-refractivity contribution in [2.75, 3.05) is 11.6 Å². The smallest absolute Gasteiger partial charge is 0.274 e. The summed E-state index contributed by atoms with van der Waals surface area (Å²) in [6, 6.07) is 8.52. The molecule has 170 valence electrons. The molecule has 3 aromatic heterocycles. The average Bonchev–Trinajstić information content (AvgIpc) is 3.36. The fourth-order valence-electron chi connectivity index (χ4n) is 3.06. The third-order valence-electron chi connectivity index (χ3n) is 4.41. The number of carbonyl (C=O) groups excluding carboxylic acids is 1. The van der Waals surface area contributed by atoms with Gasteiger partial charge in [-0.25, -0.2) is 9.67 Å². The first-order valence-electron chi connectivity index (χ1n) is 9.33. The van der Waals surface area contributed by atoms with Crippen LogP contribution in [-0.2, 0) is 16.6 Å². The van der Waals surface area contributed by atoms with Crippen molar-refractivity contribution in [1.29, 1.82) is 0 Å². The average molecular weight is 615 g/mol. The van der Waals surface area contributed by atoms with Gasteiger partial charge < -0.3 is 9.73 Å². The number of pyridine rings is 1. The number of hydrogen-bond donors (Lipinski definition) is 1. The van der Waals surface area contributed by atoms with Crippen molar-refractivity contribution < 1.29 is 13.4 Å². The highest BCUT2D eigenvalue weighted by molar-refractivity contribution is 9.10. The van der Waals surface area contributed by atoms with Crippen molar-refractivity contribution in [2.45, 2.75) is 12.7 Å². The number of amides is 1. The lowest BCUT2D eigenvalue weighted by Gasteiger charge is -2.14. The molecule has 9 nitrogen and oxygen atoms in total. The number of rotatable bonds is 6. The van der Waals surface area contributed by atoms with Gasteiger partial charge in [0.15, 0.2) is 5.82 Å². The number of halogens is 3. The van der Waals surface area contributed by atoms with E-state index in [0.717, 1.165) is 10.0 Å². The van der Waals surface area contributed by atoms with Crippen molar-refractivity contribution in [3.63, 3.8) is 0 Å². The lowest BCUT2D eigenvalue weighted by Crippen LogP contribution is -2.19. The van der Waals surface area contributed by atoms with Crippen molar-refractivity contribution in [3.05, 3.63) is 67.8 Å². The van der Waals surface area contributed by atoms with E-state index < -0.39 is 16.7 Å². The summed E-state index contributed by atoms with van der Waals surface area (Å²) in [5.41, 5.74) is 1.96. The standard InChI is InChI=1S/C20H15Br2ClN6O3S/c1-10-6-11(21)7-12(20-27-26-16(32-20)9-33(2)31)17(10)25-19(30)14-8-15(22)28-29(14)18-13(23)4-3-5-24-18/h3-8H,9H2,1-2H3,(H,25,30). The molecule has 0 aliphatic carbocycles. The first kappa shape index (κ1) is 23.7. The molecule has 33 heavy (non-hydrogen) atoms. The van der Waals surface area contributed by atoms with Crippen LogP contribution in [0, 0.1) is 6.92 Å². The van der Waals surface area contributed by atoms with E-state index in [1.165, 1.54) is 4.68 Å². The minimum absolute atomic E-state index is 0.139. The van der Waals surface area contributed by atoms with Gasteiger partial charge in [0.1, 0.15) is 16.0 Å². The number of aryl methyl sites for hydroxylation is 1. The normalized spacial score (nSPS) is 12.0. The van der Waals surface area contributed by atoms with Crippen LogP contribution in [-0.4, -0.2) is 41.3 Å². The summed E-state index contributed by atoms with van der Waals surface area (Å²) in [6.45, 7) is 1.84. The Morgan fingerprint density at radius 2 is 2.06 bits per heavy atom. The van der Waals surface area contributed by atoms with Crippen molar-refractivity contribution in [3.8, 4) is 17.3 Å². The molecule has 1 unspecified atom stereocenters. The first-order chi connectivity index (χ1) is 15.7. The highest BCUT2D eigenvalue weighted by Gasteiger charge is 2.22. The Morgan fingerprint density at radius 1 is 1.27 bits per heavy atom. The maximum absolute atomic E-state index is 13.3. The van der Waals surface area contributed by atoms with Crippen molar-refractivity contribution >= 4 is 65.9 Å². The Kier molecular flexibility index (Phi) is 7.07. The highest BCUT2D eigenvalue weighted by atomic mass is 79.9. The Labute approximate surface area is 212 Å². The van der Waals surface area contributed by atoms with Crippen LogP contribution in [0.5, 0.6) is 0 Å². The fraction of sp³-hybridized carbons (Fsp3) is 0.150. The number of aromatic nitrogens is 5. The quantitative estimate of drug-likeness (QED) is 0.327. The predicted molar refractivity (Wildman–Crippen MR) is 132 cm³/mol. The lowest BCUT2D eigenvalue weighted by molar-refractivity contribution is 0.101.